The molecule has 7 nitrogen and oxygen atoms in total. The number of carbonyl (C=O) groups is 1. The van der Waals surface area contributed by atoms with E-state index in [1.165, 1.54) is 0 Å². The maximum atomic E-state index is 13.3. The number of aromatic nitrogens is 3. The first-order valence-corrected chi connectivity index (χ1v) is 12.5. The Morgan fingerprint density at radius 1 is 1.21 bits per heavy atom. The fourth-order valence-corrected chi connectivity index (χ4v) is 4.79. The highest BCUT2D eigenvalue weighted by molar-refractivity contribution is 6.30. The monoisotopic (exact) mass is 481 g/mol. The number of benzene rings is 1. The van der Waals surface area contributed by atoms with Crippen LogP contribution < -0.4 is 10.9 Å². The number of hydrogen-bond donors (Lipinski definition) is 1. The van der Waals surface area contributed by atoms with Crippen molar-refractivity contribution in [1.82, 2.24) is 25.0 Å². The third-order valence-electron chi connectivity index (χ3n) is 6.43. The van der Waals surface area contributed by atoms with Crippen molar-refractivity contribution in [3.05, 3.63) is 69.4 Å². The van der Waals surface area contributed by atoms with Crippen molar-refractivity contribution >= 4 is 28.3 Å². The lowest BCUT2D eigenvalue weighted by atomic mass is 10.1. The minimum Gasteiger partial charge on any atom is -0.356 e. The molecular weight excluding hydrogens is 450 g/mol. The van der Waals surface area contributed by atoms with Gasteiger partial charge < -0.3 is 5.32 Å². The van der Waals surface area contributed by atoms with Gasteiger partial charge in [0.15, 0.2) is 0 Å². The maximum Gasteiger partial charge on any atom is 0.274 e. The molecule has 0 unspecified atom stereocenters. The summed E-state index contributed by atoms with van der Waals surface area (Å²) >= 11 is 6.04. The van der Waals surface area contributed by atoms with Gasteiger partial charge in [-0.05, 0) is 56.0 Å². The predicted octanol–water partition coefficient (Wildman–Crippen LogP) is 3.81. The first kappa shape index (κ1) is 24.4. The van der Waals surface area contributed by atoms with Crippen LogP contribution in [0.5, 0.6) is 0 Å². The lowest BCUT2D eigenvalue weighted by molar-refractivity contribution is -0.121. The molecule has 1 aromatic carbocycles. The number of rotatable bonds is 10. The zero-order valence-corrected chi connectivity index (χ0v) is 20.4. The van der Waals surface area contributed by atoms with Gasteiger partial charge in [0.25, 0.3) is 5.56 Å². The summed E-state index contributed by atoms with van der Waals surface area (Å²) in [6, 6.07) is 9.76. The number of fused-ring (bicyclic) bond motifs is 1. The van der Waals surface area contributed by atoms with Gasteiger partial charge >= 0.3 is 0 Å². The van der Waals surface area contributed by atoms with Gasteiger partial charge in [0.2, 0.25) is 5.91 Å². The molecule has 34 heavy (non-hydrogen) atoms. The molecule has 2 aromatic heterocycles. The molecule has 3 aromatic rings. The van der Waals surface area contributed by atoms with Crippen LogP contribution in [0.1, 0.15) is 50.3 Å². The molecule has 8 heteroatoms. The first-order chi connectivity index (χ1) is 16.5. The fourth-order valence-electron chi connectivity index (χ4n) is 4.67. The fraction of sp³-hybridized carbons (Fsp3) is 0.462. The Morgan fingerprint density at radius 2 is 2.03 bits per heavy atom. The Balaban J connectivity index is 1.49. The number of amides is 1. The van der Waals surface area contributed by atoms with E-state index in [4.69, 9.17) is 16.7 Å². The Kier molecular flexibility index (Phi) is 8.29. The van der Waals surface area contributed by atoms with E-state index >= 15 is 0 Å². The average Bonchev–Trinajstić information content (AvgIpc) is 3.28. The van der Waals surface area contributed by atoms with Crippen LogP contribution in [0.2, 0.25) is 5.02 Å². The number of nitrogens with zero attached hydrogens (tertiary/aromatic N) is 4. The van der Waals surface area contributed by atoms with Gasteiger partial charge in [-0.25, -0.2) is 4.68 Å². The summed E-state index contributed by atoms with van der Waals surface area (Å²) in [5.41, 5.74) is 1.85. The Morgan fingerprint density at radius 3 is 2.82 bits per heavy atom. The van der Waals surface area contributed by atoms with E-state index in [0.29, 0.717) is 36.3 Å². The summed E-state index contributed by atoms with van der Waals surface area (Å²) in [7, 11) is 0. The summed E-state index contributed by atoms with van der Waals surface area (Å²) in [6.07, 6.45) is 8.49. The molecule has 0 saturated carbocycles. The molecule has 180 valence electrons. The van der Waals surface area contributed by atoms with E-state index in [-0.39, 0.29) is 17.5 Å². The highest BCUT2D eigenvalue weighted by atomic mass is 35.5. The van der Waals surface area contributed by atoms with E-state index in [2.05, 4.69) is 15.2 Å². The van der Waals surface area contributed by atoms with Crippen molar-refractivity contribution in [2.45, 2.75) is 58.0 Å². The predicted molar refractivity (Wildman–Crippen MR) is 135 cm³/mol. The number of nitrogens with one attached hydrogen (secondary N) is 1. The van der Waals surface area contributed by atoms with E-state index in [0.717, 1.165) is 55.4 Å². The Bertz CT molecular complexity index is 1180. The summed E-state index contributed by atoms with van der Waals surface area (Å²) in [4.78, 5) is 31.6. The van der Waals surface area contributed by atoms with Crippen molar-refractivity contribution in [3.8, 4) is 0 Å². The zero-order chi connectivity index (χ0) is 23.9. The van der Waals surface area contributed by atoms with Gasteiger partial charge in [-0.2, -0.15) is 5.10 Å². The highest BCUT2D eigenvalue weighted by Crippen LogP contribution is 2.21. The van der Waals surface area contributed by atoms with Crippen LogP contribution in [-0.2, 0) is 17.8 Å². The van der Waals surface area contributed by atoms with Gasteiger partial charge in [0, 0.05) is 54.8 Å². The Hall–Kier alpha value is -2.77. The molecule has 1 atom stereocenters. The third kappa shape index (κ3) is 6.02. The van der Waals surface area contributed by atoms with Crippen LogP contribution in [-0.4, -0.2) is 51.2 Å². The maximum absolute atomic E-state index is 13.3. The molecule has 0 radical (unpaired) electrons. The van der Waals surface area contributed by atoms with E-state index in [1.54, 1.807) is 23.1 Å². The van der Waals surface area contributed by atoms with Gasteiger partial charge in [-0.1, -0.05) is 30.7 Å². The number of hydrogen-bond acceptors (Lipinski definition) is 5. The van der Waals surface area contributed by atoms with Crippen LogP contribution in [0.25, 0.3) is 10.8 Å². The second kappa shape index (κ2) is 11.6. The van der Waals surface area contributed by atoms with Crippen LogP contribution >= 0.6 is 11.6 Å². The second-order valence-corrected chi connectivity index (χ2v) is 9.38. The molecule has 3 heterocycles. The highest BCUT2D eigenvalue weighted by Gasteiger charge is 2.25. The molecular formula is C26H32ClN5O2. The van der Waals surface area contributed by atoms with Crippen molar-refractivity contribution in [3.63, 3.8) is 0 Å². The molecule has 0 bridgehead atoms. The normalized spacial score (nSPS) is 16.2. The molecule has 1 amide bonds. The van der Waals surface area contributed by atoms with Crippen LogP contribution in [0, 0.1) is 0 Å². The van der Waals surface area contributed by atoms with Gasteiger partial charge in [-0.15, -0.1) is 0 Å². The van der Waals surface area contributed by atoms with Crippen LogP contribution in [0.4, 0.5) is 0 Å². The van der Waals surface area contributed by atoms with Crippen LogP contribution in [0.15, 0.2) is 47.5 Å². The zero-order valence-electron chi connectivity index (χ0n) is 19.7. The summed E-state index contributed by atoms with van der Waals surface area (Å²) in [5.74, 6) is 0.120. The van der Waals surface area contributed by atoms with Crippen molar-refractivity contribution in [2.75, 3.05) is 19.6 Å². The average molecular weight is 482 g/mol. The standard InChI is InChI=1S/C26H32ClN5O2/c1-2-5-25(33)29-12-4-15-31-14-3-6-21(31)18-32-26(34)22-11-13-28-17-23(22)24(30-32)16-19-7-9-20(27)10-8-19/h7-11,13,17,21H,2-6,12,14-16,18H2,1H3,(H,29,33)/t21-/m1/s1. The number of pyridine rings is 1. The first-order valence-electron chi connectivity index (χ1n) is 12.1. The van der Waals surface area contributed by atoms with E-state index < -0.39 is 0 Å². The number of likely N-dealkylation sites (tertiary alicyclic amines) is 1. The van der Waals surface area contributed by atoms with Crippen molar-refractivity contribution in [1.29, 1.82) is 0 Å². The molecule has 1 saturated heterocycles. The second-order valence-electron chi connectivity index (χ2n) is 8.94. The summed E-state index contributed by atoms with van der Waals surface area (Å²) < 4.78 is 1.64. The molecule has 4 rings (SSSR count). The third-order valence-corrected chi connectivity index (χ3v) is 6.68. The summed E-state index contributed by atoms with van der Waals surface area (Å²) in [6.45, 7) is 5.17. The van der Waals surface area contributed by atoms with Crippen LogP contribution in [0.3, 0.4) is 0 Å². The summed E-state index contributed by atoms with van der Waals surface area (Å²) in [5, 5.41) is 9.93. The minimum absolute atomic E-state index is 0.0732. The molecule has 1 fully saturated rings. The molecule has 1 aliphatic heterocycles. The van der Waals surface area contributed by atoms with Crippen molar-refractivity contribution in [2.24, 2.45) is 0 Å². The largest absolute Gasteiger partial charge is 0.356 e. The van der Waals surface area contributed by atoms with Gasteiger partial charge in [-0.3, -0.25) is 19.5 Å². The minimum atomic E-state index is -0.0732. The number of carbonyl (C=O) groups excluding carboxylic acids is 1. The lowest BCUT2D eigenvalue weighted by Gasteiger charge is -2.25. The topological polar surface area (TPSA) is 80.1 Å². The van der Waals surface area contributed by atoms with Gasteiger partial charge in [0.1, 0.15) is 0 Å². The lowest BCUT2D eigenvalue weighted by Crippen LogP contribution is -2.39. The molecule has 0 spiro atoms. The van der Waals surface area contributed by atoms with E-state index in [9.17, 15) is 9.59 Å². The number of halogens is 1. The smallest absolute Gasteiger partial charge is 0.274 e. The van der Waals surface area contributed by atoms with Crippen molar-refractivity contribution < 1.29 is 4.79 Å². The molecule has 0 aliphatic carbocycles. The molecule has 1 N–H and O–H groups in total. The quantitative estimate of drug-likeness (QED) is 0.445. The molecule has 1 aliphatic rings. The Labute approximate surface area is 205 Å². The SMILES string of the molecule is CCCC(=O)NCCCN1CCC[C@@H]1Cn1nc(Cc2ccc(Cl)cc2)c2cnccc2c1=O. The van der Waals surface area contributed by atoms with E-state index in [1.807, 2.05) is 31.2 Å². The van der Waals surface area contributed by atoms with Gasteiger partial charge in [0.05, 0.1) is 17.6 Å².